The molecule has 3 rings (SSSR count). The van der Waals surface area contributed by atoms with Crippen molar-refractivity contribution in [2.24, 2.45) is 0 Å². The number of hydrogen-bond acceptors (Lipinski definition) is 4. The van der Waals surface area contributed by atoms with Crippen LogP contribution in [0, 0.1) is 0 Å². The summed E-state index contributed by atoms with van der Waals surface area (Å²) >= 11 is 5.85. The van der Waals surface area contributed by atoms with Gasteiger partial charge in [-0.2, -0.15) is 0 Å². The van der Waals surface area contributed by atoms with E-state index < -0.39 is 0 Å². The van der Waals surface area contributed by atoms with Crippen LogP contribution in [-0.2, 0) is 6.54 Å². The molecule has 0 spiro atoms. The first kappa shape index (κ1) is 16.9. The van der Waals surface area contributed by atoms with Gasteiger partial charge in [-0.1, -0.05) is 41.9 Å². The van der Waals surface area contributed by atoms with Gasteiger partial charge in [0.25, 0.3) is 5.91 Å². The van der Waals surface area contributed by atoms with E-state index in [-0.39, 0.29) is 5.91 Å². The van der Waals surface area contributed by atoms with Gasteiger partial charge in [0, 0.05) is 36.7 Å². The van der Waals surface area contributed by atoms with Crippen LogP contribution >= 0.6 is 11.6 Å². The molecule has 0 bridgehead atoms. The third kappa shape index (κ3) is 4.33. The van der Waals surface area contributed by atoms with Crippen LogP contribution in [0.4, 0.5) is 11.6 Å². The molecule has 5 nitrogen and oxygen atoms in total. The molecular weight excluding hydrogens is 336 g/mol. The topological polar surface area (TPSA) is 58.1 Å². The molecule has 0 aliphatic carbocycles. The number of halogens is 1. The standard InChI is InChI=1S/C19H17ClN4O/c1-24(17-5-3-2-4-6-17)19-22-12-15(13-23-19)18(25)21-11-14-7-9-16(20)10-8-14/h2-10,12-13H,11H2,1H3,(H,21,25). The monoisotopic (exact) mass is 352 g/mol. The number of carbonyl (C=O) groups excluding carboxylic acids is 1. The molecule has 0 aliphatic heterocycles. The zero-order valence-corrected chi connectivity index (χ0v) is 14.4. The lowest BCUT2D eigenvalue weighted by Gasteiger charge is -2.16. The van der Waals surface area contributed by atoms with Gasteiger partial charge in [-0.15, -0.1) is 0 Å². The number of carbonyl (C=O) groups is 1. The van der Waals surface area contributed by atoms with Crippen molar-refractivity contribution in [1.29, 1.82) is 0 Å². The number of nitrogens with one attached hydrogen (secondary N) is 1. The van der Waals surface area contributed by atoms with Crippen LogP contribution in [0.2, 0.25) is 5.02 Å². The maximum absolute atomic E-state index is 12.2. The van der Waals surface area contributed by atoms with Gasteiger partial charge in [0.1, 0.15) is 0 Å². The average molecular weight is 353 g/mol. The van der Waals surface area contributed by atoms with Gasteiger partial charge >= 0.3 is 0 Å². The summed E-state index contributed by atoms with van der Waals surface area (Å²) in [5.41, 5.74) is 2.36. The Kier molecular flexibility index (Phi) is 5.26. The molecule has 6 heteroatoms. The van der Waals surface area contributed by atoms with E-state index in [4.69, 9.17) is 11.6 Å². The second-order valence-corrected chi connectivity index (χ2v) is 5.91. The highest BCUT2D eigenvalue weighted by atomic mass is 35.5. The Bertz CT molecular complexity index is 836. The molecule has 0 saturated carbocycles. The SMILES string of the molecule is CN(c1ccccc1)c1ncc(C(=O)NCc2ccc(Cl)cc2)cn1. The number of anilines is 2. The molecule has 126 valence electrons. The van der Waals surface area contributed by atoms with Crippen LogP contribution in [0.5, 0.6) is 0 Å². The summed E-state index contributed by atoms with van der Waals surface area (Å²) in [5.74, 6) is 0.310. The average Bonchev–Trinajstić information content (AvgIpc) is 2.67. The van der Waals surface area contributed by atoms with Crippen molar-refractivity contribution in [3.63, 3.8) is 0 Å². The fourth-order valence-corrected chi connectivity index (χ4v) is 2.39. The van der Waals surface area contributed by atoms with E-state index in [1.165, 1.54) is 12.4 Å². The summed E-state index contributed by atoms with van der Waals surface area (Å²) in [5, 5.41) is 3.51. The number of hydrogen-bond donors (Lipinski definition) is 1. The Hall–Kier alpha value is -2.92. The van der Waals surface area contributed by atoms with Gasteiger partial charge in [-0.25, -0.2) is 9.97 Å². The van der Waals surface area contributed by atoms with Crippen molar-refractivity contribution in [1.82, 2.24) is 15.3 Å². The zero-order valence-electron chi connectivity index (χ0n) is 13.7. The third-order valence-electron chi connectivity index (χ3n) is 3.71. The normalized spacial score (nSPS) is 10.3. The van der Waals surface area contributed by atoms with E-state index in [9.17, 15) is 4.79 Å². The fraction of sp³-hybridized carbons (Fsp3) is 0.105. The van der Waals surface area contributed by atoms with Crippen LogP contribution in [0.15, 0.2) is 67.0 Å². The first-order chi connectivity index (χ1) is 12.1. The van der Waals surface area contributed by atoms with Gasteiger partial charge in [0.05, 0.1) is 5.56 Å². The molecule has 1 amide bonds. The largest absolute Gasteiger partial charge is 0.348 e. The molecule has 0 unspecified atom stereocenters. The Morgan fingerprint density at radius 3 is 2.32 bits per heavy atom. The highest BCUT2D eigenvalue weighted by molar-refractivity contribution is 6.30. The maximum Gasteiger partial charge on any atom is 0.254 e. The van der Waals surface area contributed by atoms with Crippen molar-refractivity contribution < 1.29 is 4.79 Å². The highest BCUT2D eigenvalue weighted by Crippen LogP contribution is 2.18. The number of benzene rings is 2. The summed E-state index contributed by atoms with van der Waals surface area (Å²) in [4.78, 5) is 22.6. The second kappa shape index (κ2) is 7.77. The summed E-state index contributed by atoms with van der Waals surface area (Å²) < 4.78 is 0. The molecule has 0 saturated heterocycles. The van der Waals surface area contributed by atoms with Crippen LogP contribution in [0.25, 0.3) is 0 Å². The lowest BCUT2D eigenvalue weighted by Crippen LogP contribution is -2.23. The zero-order chi connectivity index (χ0) is 17.6. The lowest BCUT2D eigenvalue weighted by atomic mass is 10.2. The van der Waals surface area contributed by atoms with Crippen LogP contribution in [0.1, 0.15) is 15.9 Å². The van der Waals surface area contributed by atoms with Gasteiger partial charge in [0.2, 0.25) is 5.95 Å². The van der Waals surface area contributed by atoms with E-state index in [1.54, 1.807) is 12.1 Å². The quantitative estimate of drug-likeness (QED) is 0.758. The van der Waals surface area contributed by atoms with Gasteiger partial charge in [-0.05, 0) is 29.8 Å². The number of nitrogens with zero attached hydrogens (tertiary/aromatic N) is 3. The molecule has 0 atom stereocenters. The van der Waals surface area contributed by atoms with Crippen LogP contribution in [0.3, 0.4) is 0 Å². The molecule has 2 aromatic carbocycles. The van der Waals surface area contributed by atoms with Crippen molar-refractivity contribution in [2.45, 2.75) is 6.54 Å². The molecule has 0 aliphatic rings. The Morgan fingerprint density at radius 2 is 1.68 bits per heavy atom. The number of para-hydroxylation sites is 1. The molecular formula is C19H17ClN4O. The van der Waals surface area contributed by atoms with Crippen molar-refractivity contribution in [3.8, 4) is 0 Å². The van der Waals surface area contributed by atoms with E-state index in [2.05, 4.69) is 15.3 Å². The predicted molar refractivity (Wildman–Crippen MR) is 99.2 cm³/mol. The van der Waals surface area contributed by atoms with Crippen LogP contribution < -0.4 is 10.2 Å². The lowest BCUT2D eigenvalue weighted by molar-refractivity contribution is 0.0950. The number of amides is 1. The molecule has 25 heavy (non-hydrogen) atoms. The molecule has 1 N–H and O–H groups in total. The molecule has 0 fully saturated rings. The minimum atomic E-state index is -0.219. The minimum absolute atomic E-state index is 0.219. The molecule has 3 aromatic rings. The van der Waals surface area contributed by atoms with Crippen molar-refractivity contribution >= 4 is 29.1 Å². The summed E-state index contributed by atoms with van der Waals surface area (Å²) in [6.45, 7) is 0.418. The van der Waals surface area contributed by atoms with E-state index >= 15 is 0 Å². The van der Waals surface area contributed by atoms with E-state index in [0.29, 0.717) is 23.1 Å². The Morgan fingerprint density at radius 1 is 1.04 bits per heavy atom. The smallest absolute Gasteiger partial charge is 0.254 e. The second-order valence-electron chi connectivity index (χ2n) is 5.48. The maximum atomic E-state index is 12.2. The highest BCUT2D eigenvalue weighted by Gasteiger charge is 2.10. The van der Waals surface area contributed by atoms with Crippen LogP contribution in [-0.4, -0.2) is 22.9 Å². The summed E-state index contributed by atoms with van der Waals surface area (Å²) in [6, 6.07) is 17.1. The van der Waals surface area contributed by atoms with E-state index in [1.807, 2.05) is 54.4 Å². The molecule has 0 radical (unpaired) electrons. The number of aromatic nitrogens is 2. The van der Waals surface area contributed by atoms with Gasteiger partial charge in [0.15, 0.2) is 0 Å². The van der Waals surface area contributed by atoms with Crippen molar-refractivity contribution in [3.05, 3.63) is 83.1 Å². The molecule has 1 heterocycles. The fourth-order valence-electron chi connectivity index (χ4n) is 2.27. The predicted octanol–water partition coefficient (Wildman–Crippen LogP) is 3.83. The Labute approximate surface area is 151 Å². The Balaban J connectivity index is 1.63. The molecule has 1 aromatic heterocycles. The first-order valence-corrected chi connectivity index (χ1v) is 8.15. The van der Waals surface area contributed by atoms with E-state index in [0.717, 1.165) is 11.3 Å². The van der Waals surface area contributed by atoms with Gasteiger partial charge < -0.3 is 10.2 Å². The number of rotatable bonds is 5. The summed E-state index contributed by atoms with van der Waals surface area (Å²) in [6.07, 6.45) is 3.05. The van der Waals surface area contributed by atoms with Gasteiger partial charge in [-0.3, -0.25) is 4.79 Å². The first-order valence-electron chi connectivity index (χ1n) is 7.77. The minimum Gasteiger partial charge on any atom is -0.348 e. The van der Waals surface area contributed by atoms with Crippen molar-refractivity contribution in [2.75, 3.05) is 11.9 Å². The third-order valence-corrected chi connectivity index (χ3v) is 3.96. The summed E-state index contributed by atoms with van der Waals surface area (Å²) in [7, 11) is 1.88.